The van der Waals surface area contributed by atoms with Crippen LogP contribution in [-0.4, -0.2) is 29.7 Å². The Morgan fingerprint density at radius 1 is 1.08 bits per heavy atom. The normalized spacial score (nSPS) is 26.8. The molecule has 0 aliphatic carbocycles. The Morgan fingerprint density at radius 2 is 1.62 bits per heavy atom. The van der Waals surface area contributed by atoms with E-state index in [2.05, 4.69) is 51.8 Å². The van der Waals surface area contributed by atoms with Crippen LogP contribution in [-0.2, 0) is 0 Å². The molecule has 0 aromatic carbocycles. The molecular formula is C11H24N2. The highest BCUT2D eigenvalue weighted by Gasteiger charge is 2.35. The van der Waals surface area contributed by atoms with E-state index in [0.717, 1.165) is 6.67 Å². The quantitative estimate of drug-likeness (QED) is 0.620. The number of hydrogen-bond acceptors (Lipinski definition) is 2. The molecule has 1 heterocycles. The molecule has 13 heavy (non-hydrogen) atoms. The van der Waals surface area contributed by atoms with Crippen molar-refractivity contribution in [2.24, 2.45) is 5.41 Å². The first kappa shape index (κ1) is 11.0. The first-order chi connectivity index (χ1) is 5.71. The van der Waals surface area contributed by atoms with E-state index in [0.29, 0.717) is 17.0 Å². The molecule has 1 fully saturated rings. The summed E-state index contributed by atoms with van der Waals surface area (Å²) in [6, 6.07) is 0.631. The van der Waals surface area contributed by atoms with Gasteiger partial charge in [-0.25, -0.2) is 0 Å². The lowest BCUT2D eigenvalue weighted by Gasteiger charge is -2.32. The second-order valence-corrected chi connectivity index (χ2v) is 6.17. The lowest BCUT2D eigenvalue weighted by Crippen LogP contribution is -2.41. The van der Waals surface area contributed by atoms with Crippen molar-refractivity contribution in [2.75, 3.05) is 13.2 Å². The number of nitrogens with one attached hydrogen (secondary N) is 1. The maximum atomic E-state index is 3.58. The Hall–Kier alpha value is -0.0800. The molecule has 0 amide bonds. The molecule has 1 saturated heterocycles. The second-order valence-electron chi connectivity index (χ2n) is 6.17. The van der Waals surface area contributed by atoms with Gasteiger partial charge in [-0.1, -0.05) is 20.8 Å². The Labute approximate surface area is 82.7 Å². The van der Waals surface area contributed by atoms with E-state index in [9.17, 15) is 0 Å². The van der Waals surface area contributed by atoms with Crippen molar-refractivity contribution >= 4 is 0 Å². The third-order valence-electron chi connectivity index (χ3n) is 2.93. The van der Waals surface area contributed by atoms with E-state index in [4.69, 9.17) is 0 Å². The molecule has 2 heteroatoms. The van der Waals surface area contributed by atoms with Crippen molar-refractivity contribution in [1.29, 1.82) is 0 Å². The first-order valence-corrected chi connectivity index (χ1v) is 5.20. The van der Waals surface area contributed by atoms with Crippen LogP contribution in [0.4, 0.5) is 0 Å². The molecule has 0 unspecified atom stereocenters. The molecule has 1 atom stereocenters. The highest BCUT2D eigenvalue weighted by Crippen LogP contribution is 2.26. The van der Waals surface area contributed by atoms with Gasteiger partial charge in [-0.05, 0) is 26.2 Å². The van der Waals surface area contributed by atoms with Gasteiger partial charge < -0.3 is 0 Å². The molecule has 0 saturated carbocycles. The highest BCUT2D eigenvalue weighted by atomic mass is 15.3. The fourth-order valence-electron chi connectivity index (χ4n) is 1.66. The number of hydrogen-bond donors (Lipinski definition) is 1. The Balaban J connectivity index is 2.55. The predicted molar refractivity (Wildman–Crippen MR) is 57.7 cm³/mol. The third-order valence-corrected chi connectivity index (χ3v) is 2.93. The summed E-state index contributed by atoms with van der Waals surface area (Å²) in [5, 5.41) is 3.58. The van der Waals surface area contributed by atoms with Gasteiger partial charge in [0.2, 0.25) is 0 Å². The summed E-state index contributed by atoms with van der Waals surface area (Å²) in [5.74, 6) is 0. The lowest BCUT2D eigenvalue weighted by molar-refractivity contribution is 0.162. The summed E-state index contributed by atoms with van der Waals surface area (Å²) in [7, 11) is 0. The van der Waals surface area contributed by atoms with E-state index >= 15 is 0 Å². The van der Waals surface area contributed by atoms with Crippen LogP contribution in [0.25, 0.3) is 0 Å². The smallest absolute Gasteiger partial charge is 0.0488 e. The standard InChI is InChI=1S/C11H24N2/c1-10(2,3)9-7-13(8-12-9)11(4,5)6/h9,12H,7-8H2,1-6H3/t9-/m0/s1. The molecular weight excluding hydrogens is 160 g/mol. The van der Waals surface area contributed by atoms with Crippen LogP contribution in [0.2, 0.25) is 0 Å². The van der Waals surface area contributed by atoms with Crippen LogP contribution in [0.15, 0.2) is 0 Å². The summed E-state index contributed by atoms with van der Waals surface area (Å²) < 4.78 is 0. The lowest BCUT2D eigenvalue weighted by atomic mass is 9.87. The first-order valence-electron chi connectivity index (χ1n) is 5.20. The third kappa shape index (κ3) is 2.68. The predicted octanol–water partition coefficient (Wildman–Crippen LogP) is 2.06. The average Bonchev–Trinajstić information content (AvgIpc) is 2.28. The van der Waals surface area contributed by atoms with Crippen LogP contribution < -0.4 is 5.32 Å². The average molecular weight is 184 g/mol. The van der Waals surface area contributed by atoms with E-state index in [1.54, 1.807) is 0 Å². The monoisotopic (exact) mass is 184 g/mol. The van der Waals surface area contributed by atoms with Crippen molar-refractivity contribution in [2.45, 2.75) is 53.1 Å². The van der Waals surface area contributed by atoms with E-state index < -0.39 is 0 Å². The minimum absolute atomic E-state index is 0.299. The summed E-state index contributed by atoms with van der Waals surface area (Å²) >= 11 is 0. The topological polar surface area (TPSA) is 15.3 Å². The van der Waals surface area contributed by atoms with Gasteiger partial charge in [-0.15, -0.1) is 0 Å². The molecule has 0 aromatic rings. The van der Waals surface area contributed by atoms with Gasteiger partial charge in [0, 0.05) is 24.8 Å². The van der Waals surface area contributed by atoms with Crippen molar-refractivity contribution < 1.29 is 0 Å². The van der Waals surface area contributed by atoms with Crippen molar-refractivity contribution in [3.8, 4) is 0 Å². The zero-order chi connectivity index (χ0) is 10.3. The fourth-order valence-corrected chi connectivity index (χ4v) is 1.66. The SMILES string of the molecule is CC(C)(C)[C@@H]1CN(C(C)(C)C)CN1. The molecule has 0 bridgehead atoms. The minimum atomic E-state index is 0.299. The maximum Gasteiger partial charge on any atom is 0.0488 e. The van der Waals surface area contributed by atoms with Gasteiger partial charge in [0.25, 0.3) is 0 Å². The fraction of sp³-hybridized carbons (Fsp3) is 1.00. The summed E-state index contributed by atoms with van der Waals surface area (Å²) in [6.07, 6.45) is 0. The van der Waals surface area contributed by atoms with Crippen molar-refractivity contribution in [3.05, 3.63) is 0 Å². The summed E-state index contributed by atoms with van der Waals surface area (Å²) in [4.78, 5) is 2.50. The van der Waals surface area contributed by atoms with Crippen molar-refractivity contribution in [1.82, 2.24) is 10.2 Å². The number of nitrogens with zero attached hydrogens (tertiary/aromatic N) is 1. The van der Waals surface area contributed by atoms with Gasteiger partial charge in [-0.3, -0.25) is 10.2 Å². The Morgan fingerprint density at radius 3 is 1.85 bits per heavy atom. The van der Waals surface area contributed by atoms with Crippen LogP contribution in [0, 0.1) is 5.41 Å². The van der Waals surface area contributed by atoms with Gasteiger partial charge in [-0.2, -0.15) is 0 Å². The summed E-state index contributed by atoms with van der Waals surface area (Å²) in [6.45, 7) is 15.9. The Bertz CT molecular complexity index is 154. The zero-order valence-electron chi connectivity index (χ0n) is 9.94. The molecule has 1 rings (SSSR count). The zero-order valence-corrected chi connectivity index (χ0v) is 9.94. The van der Waals surface area contributed by atoms with E-state index in [1.165, 1.54) is 6.54 Å². The van der Waals surface area contributed by atoms with Gasteiger partial charge in [0.1, 0.15) is 0 Å². The van der Waals surface area contributed by atoms with Gasteiger partial charge in [0.15, 0.2) is 0 Å². The molecule has 1 aliphatic rings. The van der Waals surface area contributed by atoms with E-state index in [-0.39, 0.29) is 0 Å². The molecule has 2 nitrogen and oxygen atoms in total. The minimum Gasteiger partial charge on any atom is -0.300 e. The second kappa shape index (κ2) is 3.25. The largest absolute Gasteiger partial charge is 0.300 e. The molecule has 0 aromatic heterocycles. The van der Waals surface area contributed by atoms with Crippen LogP contribution in [0.3, 0.4) is 0 Å². The number of rotatable bonds is 0. The van der Waals surface area contributed by atoms with Crippen molar-refractivity contribution in [3.63, 3.8) is 0 Å². The summed E-state index contributed by atoms with van der Waals surface area (Å²) in [5.41, 5.74) is 0.674. The molecule has 0 spiro atoms. The van der Waals surface area contributed by atoms with Gasteiger partial charge in [0.05, 0.1) is 0 Å². The maximum absolute atomic E-state index is 3.58. The molecule has 1 aliphatic heterocycles. The Kier molecular flexibility index (Phi) is 2.75. The van der Waals surface area contributed by atoms with Crippen LogP contribution >= 0.6 is 0 Å². The molecule has 78 valence electrons. The molecule has 1 N–H and O–H groups in total. The van der Waals surface area contributed by atoms with Crippen LogP contribution in [0.1, 0.15) is 41.5 Å². The molecule has 0 radical (unpaired) electrons. The van der Waals surface area contributed by atoms with E-state index in [1.807, 2.05) is 0 Å². The highest BCUT2D eigenvalue weighted by molar-refractivity contribution is 4.92. The van der Waals surface area contributed by atoms with Gasteiger partial charge >= 0.3 is 0 Å². The van der Waals surface area contributed by atoms with Crippen LogP contribution in [0.5, 0.6) is 0 Å².